The first-order valence-corrected chi connectivity index (χ1v) is 11.9. The SMILES string of the molecule is CCCCCCCCCCCCCCCCCC(=O)OOC(=O)C(N)CCC(=O)O. The van der Waals surface area contributed by atoms with Crippen LogP contribution in [-0.4, -0.2) is 29.1 Å². The Labute approximate surface area is 182 Å². The predicted molar refractivity (Wildman–Crippen MR) is 117 cm³/mol. The second-order valence-electron chi connectivity index (χ2n) is 8.10. The molecule has 0 bridgehead atoms. The van der Waals surface area contributed by atoms with Gasteiger partial charge in [0.1, 0.15) is 6.04 Å². The minimum Gasteiger partial charge on any atom is -0.481 e. The first-order valence-electron chi connectivity index (χ1n) is 11.9. The van der Waals surface area contributed by atoms with Crippen LogP contribution in [0.15, 0.2) is 0 Å². The molecule has 0 aliphatic carbocycles. The first-order chi connectivity index (χ1) is 14.5. The highest BCUT2D eigenvalue weighted by Crippen LogP contribution is 2.13. The summed E-state index contributed by atoms with van der Waals surface area (Å²) in [4.78, 5) is 42.2. The Morgan fingerprint density at radius 3 is 1.57 bits per heavy atom. The molecule has 0 saturated carbocycles. The number of carboxylic acid groups (broad SMARTS) is 1. The lowest BCUT2D eigenvalue weighted by atomic mass is 10.0. The Morgan fingerprint density at radius 1 is 0.700 bits per heavy atom. The number of carboxylic acids is 1. The third-order valence-electron chi connectivity index (χ3n) is 5.17. The number of carbonyl (C=O) groups excluding carboxylic acids is 2. The molecule has 0 spiro atoms. The van der Waals surface area contributed by atoms with Crippen LogP contribution in [0.1, 0.15) is 122 Å². The molecule has 1 atom stereocenters. The van der Waals surface area contributed by atoms with Gasteiger partial charge in [-0.2, -0.15) is 0 Å². The largest absolute Gasteiger partial charge is 0.481 e. The van der Waals surface area contributed by atoms with Crippen molar-refractivity contribution < 1.29 is 29.3 Å². The van der Waals surface area contributed by atoms with Crippen LogP contribution in [0.25, 0.3) is 0 Å². The van der Waals surface area contributed by atoms with Crippen LogP contribution in [0.5, 0.6) is 0 Å². The highest BCUT2D eigenvalue weighted by atomic mass is 17.2. The van der Waals surface area contributed by atoms with E-state index >= 15 is 0 Å². The quantitative estimate of drug-likeness (QED) is 0.150. The van der Waals surface area contributed by atoms with E-state index in [4.69, 9.17) is 10.8 Å². The fourth-order valence-electron chi connectivity index (χ4n) is 3.23. The average Bonchev–Trinajstić information content (AvgIpc) is 2.72. The molecule has 0 aromatic rings. The van der Waals surface area contributed by atoms with Crippen molar-refractivity contribution in [2.75, 3.05) is 0 Å². The average molecular weight is 430 g/mol. The lowest BCUT2D eigenvalue weighted by Gasteiger charge is -2.08. The highest BCUT2D eigenvalue weighted by Gasteiger charge is 2.19. The van der Waals surface area contributed by atoms with Crippen molar-refractivity contribution in [1.29, 1.82) is 0 Å². The van der Waals surface area contributed by atoms with Gasteiger partial charge >= 0.3 is 17.9 Å². The molecular formula is C23H43NO6. The number of hydrogen-bond acceptors (Lipinski definition) is 6. The van der Waals surface area contributed by atoms with Crippen molar-refractivity contribution in [1.82, 2.24) is 0 Å². The molecule has 1 unspecified atom stereocenters. The molecule has 0 aliphatic rings. The van der Waals surface area contributed by atoms with Crippen molar-refractivity contribution in [2.24, 2.45) is 5.73 Å². The molecule has 30 heavy (non-hydrogen) atoms. The zero-order valence-corrected chi connectivity index (χ0v) is 18.9. The number of nitrogens with two attached hydrogens (primary N) is 1. The maximum absolute atomic E-state index is 11.5. The van der Waals surface area contributed by atoms with Gasteiger partial charge in [-0.15, -0.1) is 0 Å². The maximum atomic E-state index is 11.5. The number of rotatable bonds is 20. The standard InChI is InChI=1S/C23H43NO6/c1-2-3-4-5-6-7-8-9-10-11-12-13-14-15-16-17-22(27)29-30-23(28)20(24)18-19-21(25)26/h20H,2-19,24H2,1H3,(H,25,26). The molecule has 0 fully saturated rings. The van der Waals surface area contributed by atoms with Gasteiger partial charge in [-0.05, 0) is 12.8 Å². The van der Waals surface area contributed by atoms with E-state index < -0.39 is 23.9 Å². The van der Waals surface area contributed by atoms with Gasteiger partial charge in [-0.1, -0.05) is 96.8 Å². The van der Waals surface area contributed by atoms with Gasteiger partial charge in [0.05, 0.1) is 6.42 Å². The number of unbranched alkanes of at least 4 members (excludes halogenated alkanes) is 14. The summed E-state index contributed by atoms with van der Waals surface area (Å²) in [6.45, 7) is 2.25. The molecule has 7 nitrogen and oxygen atoms in total. The normalized spacial score (nSPS) is 11.8. The summed E-state index contributed by atoms with van der Waals surface area (Å²) in [5, 5.41) is 8.53. The molecule has 0 aromatic heterocycles. The van der Waals surface area contributed by atoms with Crippen LogP contribution in [0.4, 0.5) is 0 Å². The molecule has 0 rings (SSSR count). The van der Waals surface area contributed by atoms with Crippen molar-refractivity contribution in [2.45, 2.75) is 129 Å². The molecule has 0 radical (unpaired) electrons. The van der Waals surface area contributed by atoms with E-state index in [2.05, 4.69) is 16.7 Å². The lowest BCUT2D eigenvalue weighted by molar-refractivity contribution is -0.260. The van der Waals surface area contributed by atoms with E-state index in [0.29, 0.717) is 6.42 Å². The number of aliphatic carboxylic acids is 1. The van der Waals surface area contributed by atoms with Gasteiger partial charge in [-0.3, -0.25) is 4.79 Å². The summed E-state index contributed by atoms with van der Waals surface area (Å²) in [6, 6.07) is -1.11. The zero-order chi connectivity index (χ0) is 22.5. The summed E-state index contributed by atoms with van der Waals surface area (Å²) in [6.07, 6.45) is 18.6. The van der Waals surface area contributed by atoms with Crippen LogP contribution in [0, 0.1) is 0 Å². The van der Waals surface area contributed by atoms with Crippen LogP contribution in [0.3, 0.4) is 0 Å². The molecule has 3 N–H and O–H groups in total. The Hall–Kier alpha value is -1.63. The Kier molecular flexibility index (Phi) is 19.5. The molecule has 176 valence electrons. The minimum atomic E-state index is -1.11. The molecule has 0 aromatic carbocycles. The fourth-order valence-corrected chi connectivity index (χ4v) is 3.23. The van der Waals surface area contributed by atoms with Crippen molar-refractivity contribution in [3.8, 4) is 0 Å². The molecule has 7 heteroatoms. The second-order valence-corrected chi connectivity index (χ2v) is 8.10. The number of hydrogen-bond donors (Lipinski definition) is 2. The van der Waals surface area contributed by atoms with Crippen LogP contribution in [-0.2, 0) is 24.2 Å². The lowest BCUT2D eigenvalue weighted by Crippen LogP contribution is -2.33. The second kappa shape index (κ2) is 20.6. The van der Waals surface area contributed by atoms with Gasteiger partial charge in [0, 0.05) is 6.42 Å². The molecular weight excluding hydrogens is 386 g/mol. The van der Waals surface area contributed by atoms with E-state index in [1.165, 1.54) is 77.0 Å². The van der Waals surface area contributed by atoms with Crippen molar-refractivity contribution in [3.05, 3.63) is 0 Å². The van der Waals surface area contributed by atoms with Gasteiger partial charge in [0.15, 0.2) is 0 Å². The highest BCUT2D eigenvalue weighted by molar-refractivity contribution is 5.77. The Balaban J connectivity index is 3.37. The molecule has 0 aliphatic heterocycles. The van der Waals surface area contributed by atoms with E-state index in [-0.39, 0.29) is 19.3 Å². The first kappa shape index (κ1) is 28.4. The molecule has 0 saturated heterocycles. The summed E-state index contributed by atoms with van der Waals surface area (Å²) in [5.41, 5.74) is 5.46. The van der Waals surface area contributed by atoms with Gasteiger partial charge in [0.2, 0.25) is 0 Å². The van der Waals surface area contributed by atoms with Crippen molar-refractivity contribution >= 4 is 17.9 Å². The minimum absolute atomic E-state index is 0.0647. The third kappa shape index (κ3) is 19.7. The summed E-state index contributed by atoms with van der Waals surface area (Å²) in [7, 11) is 0. The van der Waals surface area contributed by atoms with Crippen LogP contribution < -0.4 is 5.73 Å². The Morgan fingerprint density at radius 2 is 1.13 bits per heavy atom. The van der Waals surface area contributed by atoms with Gasteiger partial charge in [-0.25, -0.2) is 19.4 Å². The van der Waals surface area contributed by atoms with E-state index in [1.807, 2.05) is 0 Å². The summed E-state index contributed by atoms with van der Waals surface area (Å²) < 4.78 is 0. The van der Waals surface area contributed by atoms with Gasteiger partial charge in [0.25, 0.3) is 0 Å². The Bertz CT molecular complexity index is 455. The van der Waals surface area contributed by atoms with E-state index in [1.54, 1.807) is 0 Å². The van der Waals surface area contributed by atoms with Gasteiger partial charge < -0.3 is 10.8 Å². The third-order valence-corrected chi connectivity index (χ3v) is 5.17. The predicted octanol–water partition coefficient (Wildman–Crippen LogP) is 5.44. The summed E-state index contributed by atoms with van der Waals surface area (Å²) in [5.74, 6) is -2.59. The van der Waals surface area contributed by atoms with E-state index in [0.717, 1.165) is 12.8 Å². The molecule has 0 amide bonds. The van der Waals surface area contributed by atoms with E-state index in [9.17, 15) is 14.4 Å². The fraction of sp³-hybridized carbons (Fsp3) is 0.870. The topological polar surface area (TPSA) is 116 Å². The smallest absolute Gasteiger partial charge is 0.372 e. The molecule has 0 heterocycles. The van der Waals surface area contributed by atoms with Crippen LogP contribution in [0.2, 0.25) is 0 Å². The van der Waals surface area contributed by atoms with Crippen LogP contribution >= 0.6 is 0 Å². The summed E-state index contributed by atoms with van der Waals surface area (Å²) >= 11 is 0. The number of carbonyl (C=O) groups is 3. The maximum Gasteiger partial charge on any atom is 0.372 e. The monoisotopic (exact) mass is 429 g/mol. The van der Waals surface area contributed by atoms with Crippen molar-refractivity contribution in [3.63, 3.8) is 0 Å². The zero-order valence-electron chi connectivity index (χ0n) is 18.9.